The smallest absolute Gasteiger partial charge is 0.234 e. The number of primary amides is 1. The molecule has 1 heterocycles. The van der Waals surface area contributed by atoms with Crippen LogP contribution in [0, 0.1) is 0 Å². The number of carbonyl (C=O) groups is 1. The van der Waals surface area contributed by atoms with E-state index in [9.17, 15) is 4.79 Å². The van der Waals surface area contributed by atoms with Gasteiger partial charge in [0.2, 0.25) is 5.91 Å². The Morgan fingerprint density at radius 1 is 1.16 bits per heavy atom. The minimum absolute atomic E-state index is 0.409. The minimum Gasteiger partial charge on any atom is -0.497 e. The van der Waals surface area contributed by atoms with E-state index in [-0.39, 0.29) is 0 Å². The zero-order chi connectivity index (χ0) is 22.2. The number of imidazole rings is 1. The third-order valence-corrected chi connectivity index (χ3v) is 4.85. The molecule has 0 aliphatic carbocycles. The van der Waals surface area contributed by atoms with E-state index < -0.39 is 11.9 Å². The molecule has 3 rings (SSSR count). The van der Waals surface area contributed by atoms with Gasteiger partial charge in [0, 0.05) is 37.8 Å². The lowest BCUT2D eigenvalue weighted by molar-refractivity contribution is -0.120. The third-order valence-electron chi connectivity index (χ3n) is 4.85. The standard InChI is InChI=1S/C23H28N4O4/c1-27-13-18(26-15-27)10-21(23(24)28)25-12-17-7-8-20(11-22(17)30-3)31-14-16-5-4-6-19(9-16)29-2/h4-9,11,13,15,21,25H,10,12,14H2,1-3H3,(H2,24,28). The second-order valence-corrected chi connectivity index (χ2v) is 7.18. The summed E-state index contributed by atoms with van der Waals surface area (Å²) in [6.07, 6.45) is 3.98. The fourth-order valence-corrected chi connectivity index (χ4v) is 3.18. The number of nitrogens with zero attached hydrogens (tertiary/aromatic N) is 2. The topological polar surface area (TPSA) is 101 Å². The number of methoxy groups -OCH3 is 2. The average molecular weight is 425 g/mol. The van der Waals surface area contributed by atoms with Crippen molar-refractivity contribution in [3.63, 3.8) is 0 Å². The summed E-state index contributed by atoms with van der Waals surface area (Å²) in [5, 5.41) is 3.20. The number of nitrogens with two attached hydrogens (primary N) is 1. The largest absolute Gasteiger partial charge is 0.497 e. The maximum Gasteiger partial charge on any atom is 0.234 e. The summed E-state index contributed by atoms with van der Waals surface area (Å²) < 4.78 is 18.5. The molecule has 0 aliphatic heterocycles. The van der Waals surface area contributed by atoms with E-state index in [4.69, 9.17) is 19.9 Å². The van der Waals surface area contributed by atoms with Crippen LogP contribution in [0.5, 0.6) is 17.2 Å². The number of hydrogen-bond donors (Lipinski definition) is 2. The summed E-state index contributed by atoms with van der Waals surface area (Å²) in [6.45, 7) is 0.825. The van der Waals surface area contributed by atoms with E-state index in [1.807, 2.05) is 60.3 Å². The Balaban J connectivity index is 1.62. The van der Waals surface area contributed by atoms with Gasteiger partial charge in [-0.3, -0.25) is 4.79 Å². The molecule has 3 aromatic rings. The normalized spacial score (nSPS) is 11.7. The molecule has 0 saturated carbocycles. The van der Waals surface area contributed by atoms with Crippen molar-refractivity contribution in [3.8, 4) is 17.2 Å². The first-order valence-corrected chi connectivity index (χ1v) is 9.90. The monoisotopic (exact) mass is 424 g/mol. The molecular weight excluding hydrogens is 396 g/mol. The molecule has 0 bridgehead atoms. The van der Waals surface area contributed by atoms with Crippen LogP contribution in [0.15, 0.2) is 55.0 Å². The van der Waals surface area contributed by atoms with Gasteiger partial charge in [0.05, 0.1) is 32.3 Å². The van der Waals surface area contributed by atoms with Crippen LogP contribution >= 0.6 is 0 Å². The fourth-order valence-electron chi connectivity index (χ4n) is 3.18. The molecule has 8 heteroatoms. The lowest BCUT2D eigenvalue weighted by Crippen LogP contribution is -2.42. The average Bonchev–Trinajstić information content (AvgIpc) is 3.20. The van der Waals surface area contributed by atoms with Crippen LogP contribution in [-0.4, -0.2) is 35.7 Å². The van der Waals surface area contributed by atoms with Gasteiger partial charge in [-0.1, -0.05) is 18.2 Å². The Hall–Kier alpha value is -3.52. The van der Waals surface area contributed by atoms with Crippen molar-refractivity contribution in [2.45, 2.75) is 25.6 Å². The van der Waals surface area contributed by atoms with Gasteiger partial charge < -0.3 is 29.8 Å². The van der Waals surface area contributed by atoms with Gasteiger partial charge >= 0.3 is 0 Å². The predicted molar refractivity (Wildman–Crippen MR) is 117 cm³/mol. The molecule has 0 aliphatic rings. The van der Waals surface area contributed by atoms with Gasteiger partial charge in [-0.15, -0.1) is 0 Å². The number of rotatable bonds is 11. The number of aryl methyl sites for hydroxylation is 1. The van der Waals surface area contributed by atoms with Crippen LogP contribution in [0.1, 0.15) is 16.8 Å². The molecule has 8 nitrogen and oxygen atoms in total. The summed E-state index contributed by atoms with van der Waals surface area (Å²) >= 11 is 0. The second-order valence-electron chi connectivity index (χ2n) is 7.18. The SMILES string of the molecule is COc1cccc(COc2ccc(CNC(Cc3cn(C)cn3)C(N)=O)c(OC)c2)c1. The minimum atomic E-state index is -0.538. The highest BCUT2D eigenvalue weighted by Gasteiger charge is 2.18. The first-order chi connectivity index (χ1) is 15.0. The highest BCUT2D eigenvalue weighted by atomic mass is 16.5. The molecule has 0 radical (unpaired) electrons. The second kappa shape index (κ2) is 10.5. The first kappa shape index (κ1) is 22.2. The highest BCUT2D eigenvalue weighted by molar-refractivity contribution is 5.80. The van der Waals surface area contributed by atoms with E-state index in [2.05, 4.69) is 10.3 Å². The maximum absolute atomic E-state index is 11.9. The summed E-state index contributed by atoms with van der Waals surface area (Å²) in [5.74, 6) is 1.71. The van der Waals surface area contributed by atoms with E-state index >= 15 is 0 Å². The maximum atomic E-state index is 11.9. The van der Waals surface area contributed by atoms with Crippen molar-refractivity contribution in [2.75, 3.05) is 14.2 Å². The summed E-state index contributed by atoms with van der Waals surface area (Å²) in [4.78, 5) is 16.1. The molecule has 3 N–H and O–H groups in total. The molecule has 1 atom stereocenters. The Morgan fingerprint density at radius 2 is 2.00 bits per heavy atom. The number of carbonyl (C=O) groups excluding carboxylic acids is 1. The Labute approximate surface area is 181 Å². The first-order valence-electron chi connectivity index (χ1n) is 9.90. The van der Waals surface area contributed by atoms with Crippen LogP contribution in [0.25, 0.3) is 0 Å². The third kappa shape index (κ3) is 6.23. The van der Waals surface area contributed by atoms with Gasteiger partial charge in [-0.2, -0.15) is 0 Å². The van der Waals surface area contributed by atoms with E-state index in [1.54, 1.807) is 20.5 Å². The van der Waals surface area contributed by atoms with Crippen molar-refractivity contribution >= 4 is 5.91 Å². The summed E-state index contributed by atoms with van der Waals surface area (Å²) in [5.41, 5.74) is 8.26. The van der Waals surface area contributed by atoms with Crippen molar-refractivity contribution in [1.82, 2.24) is 14.9 Å². The zero-order valence-corrected chi connectivity index (χ0v) is 18.0. The molecule has 31 heavy (non-hydrogen) atoms. The summed E-state index contributed by atoms with van der Waals surface area (Å²) in [6, 6.07) is 12.8. The Bertz CT molecular complexity index is 1020. The van der Waals surface area contributed by atoms with Gasteiger partial charge in [-0.25, -0.2) is 4.98 Å². The Morgan fingerprint density at radius 3 is 2.68 bits per heavy atom. The van der Waals surface area contributed by atoms with E-state index in [1.165, 1.54) is 0 Å². The van der Waals surface area contributed by atoms with Crippen LogP contribution in [0.3, 0.4) is 0 Å². The summed E-state index contributed by atoms with van der Waals surface area (Å²) in [7, 11) is 5.12. The zero-order valence-electron chi connectivity index (χ0n) is 18.0. The van der Waals surface area contributed by atoms with E-state index in [0.29, 0.717) is 31.1 Å². The molecular formula is C23H28N4O4. The number of amides is 1. The molecule has 2 aromatic carbocycles. The van der Waals surface area contributed by atoms with Gasteiger partial charge in [0.25, 0.3) is 0 Å². The van der Waals surface area contributed by atoms with Crippen molar-refractivity contribution in [1.29, 1.82) is 0 Å². The van der Waals surface area contributed by atoms with E-state index in [0.717, 1.165) is 22.6 Å². The number of aromatic nitrogens is 2. The number of ether oxygens (including phenoxy) is 3. The number of hydrogen-bond acceptors (Lipinski definition) is 6. The van der Waals surface area contributed by atoms with Gasteiger partial charge in [0.15, 0.2) is 0 Å². The van der Waals surface area contributed by atoms with Crippen LogP contribution < -0.4 is 25.3 Å². The van der Waals surface area contributed by atoms with Gasteiger partial charge in [-0.05, 0) is 23.8 Å². The van der Waals surface area contributed by atoms with Crippen LogP contribution in [-0.2, 0) is 31.4 Å². The molecule has 1 aromatic heterocycles. The molecule has 0 saturated heterocycles. The van der Waals surface area contributed by atoms with Crippen molar-refractivity contribution in [2.24, 2.45) is 12.8 Å². The van der Waals surface area contributed by atoms with Gasteiger partial charge in [0.1, 0.15) is 23.9 Å². The van der Waals surface area contributed by atoms with Crippen molar-refractivity contribution < 1.29 is 19.0 Å². The lowest BCUT2D eigenvalue weighted by atomic mass is 10.1. The Kier molecular flexibility index (Phi) is 7.50. The number of nitrogens with one attached hydrogen (secondary N) is 1. The van der Waals surface area contributed by atoms with Crippen LogP contribution in [0.2, 0.25) is 0 Å². The molecule has 164 valence electrons. The molecule has 1 unspecified atom stereocenters. The fraction of sp³-hybridized carbons (Fsp3) is 0.304. The molecule has 1 amide bonds. The number of benzene rings is 2. The molecule has 0 spiro atoms. The lowest BCUT2D eigenvalue weighted by Gasteiger charge is -2.17. The van der Waals surface area contributed by atoms with Crippen LogP contribution in [0.4, 0.5) is 0 Å². The quantitative estimate of drug-likeness (QED) is 0.489. The molecule has 0 fully saturated rings. The predicted octanol–water partition coefficient (Wildman–Crippen LogP) is 2.20. The highest BCUT2D eigenvalue weighted by Crippen LogP contribution is 2.26. The van der Waals surface area contributed by atoms with Crippen molar-refractivity contribution in [3.05, 3.63) is 71.8 Å².